The van der Waals surface area contributed by atoms with E-state index in [9.17, 15) is 19.3 Å². The minimum Gasteiger partial charge on any atom is -0.266 e. The van der Waals surface area contributed by atoms with Gasteiger partial charge in [-0.1, -0.05) is 17.8 Å². The molecule has 0 unspecified atom stereocenters. The molecular formula is C12H11FN4O3S. The third-order valence-electron chi connectivity index (χ3n) is 2.63. The zero-order chi connectivity index (χ0) is 15.4. The second-order valence-corrected chi connectivity index (χ2v) is 4.97. The monoisotopic (exact) mass is 310 g/mol. The van der Waals surface area contributed by atoms with E-state index in [1.54, 1.807) is 0 Å². The van der Waals surface area contributed by atoms with Gasteiger partial charge in [0.2, 0.25) is 0 Å². The van der Waals surface area contributed by atoms with E-state index in [1.165, 1.54) is 10.6 Å². The summed E-state index contributed by atoms with van der Waals surface area (Å²) in [6.45, 7) is 3.80. The van der Waals surface area contributed by atoms with Gasteiger partial charge in [-0.25, -0.2) is 14.3 Å². The van der Waals surface area contributed by atoms with Crippen LogP contribution in [0.4, 0.5) is 10.1 Å². The Morgan fingerprint density at radius 3 is 3.00 bits per heavy atom. The van der Waals surface area contributed by atoms with E-state index in [-0.39, 0.29) is 23.5 Å². The molecule has 0 radical (unpaired) electrons. The summed E-state index contributed by atoms with van der Waals surface area (Å²) in [7, 11) is 0. The molecular weight excluding hydrogens is 299 g/mol. The van der Waals surface area contributed by atoms with Crippen LogP contribution in [0.1, 0.15) is 5.56 Å². The topological polar surface area (TPSA) is 93.8 Å². The average Bonchev–Trinajstić information content (AvgIpc) is 2.78. The van der Waals surface area contributed by atoms with E-state index < -0.39 is 16.4 Å². The van der Waals surface area contributed by atoms with E-state index >= 15 is 0 Å². The zero-order valence-corrected chi connectivity index (χ0v) is 11.6. The summed E-state index contributed by atoms with van der Waals surface area (Å²) in [6.07, 6.45) is 1.53. The SMILES string of the molecule is C=CCn1c(SCc2cc(F)ccc2[N+](=O)[O-])n[nH]c1=O. The van der Waals surface area contributed by atoms with E-state index in [4.69, 9.17) is 0 Å². The number of hydrogen-bond acceptors (Lipinski definition) is 5. The molecule has 1 N–H and O–H groups in total. The second-order valence-electron chi connectivity index (χ2n) is 4.03. The normalized spacial score (nSPS) is 10.5. The van der Waals surface area contributed by atoms with Gasteiger partial charge < -0.3 is 0 Å². The standard InChI is InChI=1S/C12H11FN4O3S/c1-2-5-16-11(18)14-15-12(16)21-7-8-6-9(13)3-4-10(8)17(19)20/h2-4,6H,1,5,7H2,(H,14,18). The number of aromatic amines is 1. The van der Waals surface area contributed by atoms with Crippen LogP contribution in [0.25, 0.3) is 0 Å². The molecule has 0 saturated carbocycles. The van der Waals surface area contributed by atoms with E-state index in [0.29, 0.717) is 5.16 Å². The van der Waals surface area contributed by atoms with Crippen molar-refractivity contribution in [1.29, 1.82) is 0 Å². The Hall–Kier alpha value is -2.42. The lowest BCUT2D eigenvalue weighted by atomic mass is 10.2. The minimum atomic E-state index is -0.573. The molecule has 0 aliphatic carbocycles. The summed E-state index contributed by atoms with van der Waals surface area (Å²) in [4.78, 5) is 21.8. The molecule has 110 valence electrons. The van der Waals surface area contributed by atoms with Gasteiger partial charge in [0.15, 0.2) is 5.16 Å². The summed E-state index contributed by atoms with van der Waals surface area (Å²) in [5.74, 6) is -0.433. The van der Waals surface area contributed by atoms with Gasteiger partial charge in [0, 0.05) is 23.9 Å². The number of thioether (sulfide) groups is 1. The number of benzene rings is 1. The summed E-state index contributed by atoms with van der Waals surface area (Å²) < 4.78 is 14.6. The van der Waals surface area contributed by atoms with Gasteiger partial charge in [-0.05, 0) is 12.1 Å². The molecule has 2 aromatic rings. The number of allylic oxidation sites excluding steroid dienone is 1. The lowest BCUT2D eigenvalue weighted by molar-refractivity contribution is -0.385. The third-order valence-corrected chi connectivity index (χ3v) is 3.66. The lowest BCUT2D eigenvalue weighted by Gasteiger charge is -2.04. The maximum absolute atomic E-state index is 13.2. The van der Waals surface area contributed by atoms with Crippen molar-refractivity contribution < 1.29 is 9.31 Å². The summed E-state index contributed by atoms with van der Waals surface area (Å²) in [6, 6.07) is 3.26. The highest BCUT2D eigenvalue weighted by Gasteiger charge is 2.16. The molecule has 9 heteroatoms. The first-order valence-electron chi connectivity index (χ1n) is 5.84. The van der Waals surface area contributed by atoms with Crippen molar-refractivity contribution >= 4 is 17.4 Å². The van der Waals surface area contributed by atoms with Crippen LogP contribution in [0.15, 0.2) is 40.8 Å². The van der Waals surface area contributed by atoms with Crippen LogP contribution in [0.2, 0.25) is 0 Å². The maximum atomic E-state index is 13.2. The van der Waals surface area contributed by atoms with Crippen LogP contribution in [0.3, 0.4) is 0 Å². The number of nitro benzene ring substituents is 1. The van der Waals surface area contributed by atoms with E-state index in [0.717, 1.165) is 30.0 Å². The molecule has 21 heavy (non-hydrogen) atoms. The van der Waals surface area contributed by atoms with Gasteiger partial charge in [-0.3, -0.25) is 14.7 Å². The molecule has 1 aromatic heterocycles. The molecule has 0 aliphatic heterocycles. The van der Waals surface area contributed by atoms with Crippen molar-refractivity contribution in [3.63, 3.8) is 0 Å². The predicted octanol–water partition coefficient (Wildman–Crippen LogP) is 2.10. The van der Waals surface area contributed by atoms with Crippen molar-refractivity contribution in [1.82, 2.24) is 14.8 Å². The van der Waals surface area contributed by atoms with Gasteiger partial charge in [0.1, 0.15) is 5.82 Å². The van der Waals surface area contributed by atoms with E-state index in [2.05, 4.69) is 16.8 Å². The number of halogens is 1. The molecule has 0 bridgehead atoms. The number of nitrogens with zero attached hydrogens (tertiary/aromatic N) is 3. The highest BCUT2D eigenvalue weighted by atomic mass is 32.2. The highest BCUT2D eigenvalue weighted by Crippen LogP contribution is 2.27. The number of rotatable bonds is 6. The fraction of sp³-hybridized carbons (Fsp3) is 0.167. The maximum Gasteiger partial charge on any atom is 0.344 e. The predicted molar refractivity (Wildman–Crippen MR) is 75.7 cm³/mol. The Morgan fingerprint density at radius 2 is 2.33 bits per heavy atom. The van der Waals surface area contributed by atoms with Gasteiger partial charge in [0.25, 0.3) is 5.69 Å². The van der Waals surface area contributed by atoms with Gasteiger partial charge in [-0.15, -0.1) is 11.7 Å². The third kappa shape index (κ3) is 3.37. The number of aromatic nitrogens is 3. The molecule has 0 spiro atoms. The molecule has 0 atom stereocenters. The van der Waals surface area contributed by atoms with Crippen molar-refractivity contribution in [3.8, 4) is 0 Å². The van der Waals surface area contributed by atoms with Crippen molar-refractivity contribution in [2.24, 2.45) is 0 Å². The minimum absolute atomic E-state index is 0.121. The first-order valence-corrected chi connectivity index (χ1v) is 6.83. The first-order chi connectivity index (χ1) is 10.0. The van der Waals surface area contributed by atoms with Crippen LogP contribution in [-0.4, -0.2) is 19.7 Å². The second kappa shape index (κ2) is 6.35. The summed E-state index contributed by atoms with van der Waals surface area (Å²) >= 11 is 1.10. The fourth-order valence-electron chi connectivity index (χ4n) is 1.69. The summed E-state index contributed by atoms with van der Waals surface area (Å²) in [5.41, 5.74) is -0.339. The van der Waals surface area contributed by atoms with Gasteiger partial charge in [0.05, 0.1) is 4.92 Å². The number of hydrogen-bond donors (Lipinski definition) is 1. The van der Waals surface area contributed by atoms with Crippen LogP contribution in [-0.2, 0) is 12.3 Å². The van der Waals surface area contributed by atoms with Crippen LogP contribution < -0.4 is 5.69 Å². The highest BCUT2D eigenvalue weighted by molar-refractivity contribution is 7.98. The Balaban J connectivity index is 2.24. The molecule has 2 rings (SSSR count). The summed E-state index contributed by atoms with van der Waals surface area (Å²) in [5, 5.41) is 17.4. The van der Waals surface area contributed by atoms with Crippen LogP contribution in [0, 0.1) is 15.9 Å². The quantitative estimate of drug-likeness (QED) is 0.381. The number of nitro groups is 1. The zero-order valence-electron chi connectivity index (χ0n) is 10.8. The smallest absolute Gasteiger partial charge is 0.266 e. The molecule has 1 heterocycles. The Morgan fingerprint density at radius 1 is 1.57 bits per heavy atom. The van der Waals surface area contributed by atoms with Crippen LogP contribution >= 0.6 is 11.8 Å². The van der Waals surface area contributed by atoms with Crippen molar-refractivity contribution in [3.05, 3.63) is 62.8 Å². The Bertz CT molecular complexity index is 740. The molecule has 0 amide bonds. The van der Waals surface area contributed by atoms with Gasteiger partial charge in [-0.2, -0.15) is 0 Å². The molecule has 0 fully saturated rings. The molecule has 0 saturated heterocycles. The largest absolute Gasteiger partial charge is 0.344 e. The van der Waals surface area contributed by atoms with Crippen molar-refractivity contribution in [2.45, 2.75) is 17.5 Å². The fourth-order valence-corrected chi connectivity index (χ4v) is 2.63. The molecule has 0 aliphatic rings. The molecule has 7 nitrogen and oxygen atoms in total. The van der Waals surface area contributed by atoms with E-state index in [1.807, 2.05) is 0 Å². The van der Waals surface area contributed by atoms with Crippen molar-refractivity contribution in [2.75, 3.05) is 0 Å². The van der Waals surface area contributed by atoms with Crippen LogP contribution in [0.5, 0.6) is 0 Å². The number of H-pyrrole nitrogens is 1. The Labute approximate surface area is 122 Å². The number of nitrogens with one attached hydrogen (secondary N) is 1. The average molecular weight is 310 g/mol. The Kier molecular flexibility index (Phi) is 4.53. The molecule has 1 aromatic carbocycles. The lowest BCUT2D eigenvalue weighted by Crippen LogP contribution is -2.16. The van der Waals surface area contributed by atoms with Gasteiger partial charge >= 0.3 is 5.69 Å². The first kappa shape index (κ1) is 15.0.